The van der Waals surface area contributed by atoms with E-state index in [0.717, 1.165) is 11.3 Å². The lowest BCUT2D eigenvalue weighted by molar-refractivity contribution is 0.0685. The van der Waals surface area contributed by atoms with Gasteiger partial charge in [0, 0.05) is 51.7 Å². The van der Waals surface area contributed by atoms with Crippen LogP contribution in [0.1, 0.15) is 29.1 Å². The third kappa shape index (κ3) is 6.76. The number of thiophene rings is 1. The molecule has 2 rings (SSSR count). The van der Waals surface area contributed by atoms with Crippen LogP contribution in [0.4, 0.5) is 16.2 Å². The fourth-order valence-electron chi connectivity index (χ4n) is 2.87. The maximum absolute atomic E-state index is 13.0. The van der Waals surface area contributed by atoms with E-state index in [1.165, 1.54) is 11.3 Å². The topological polar surface area (TPSA) is 73.9 Å². The summed E-state index contributed by atoms with van der Waals surface area (Å²) in [6.07, 6.45) is 0. The predicted molar refractivity (Wildman–Crippen MR) is 119 cm³/mol. The number of ether oxygens (including phenoxy) is 1. The number of carbonyl (C=O) groups excluding carboxylic acids is 2. The lowest BCUT2D eigenvalue weighted by Gasteiger charge is -2.26. The molecule has 7 nitrogen and oxygen atoms in total. The van der Waals surface area contributed by atoms with E-state index in [1.54, 1.807) is 12.0 Å². The van der Waals surface area contributed by atoms with Crippen molar-refractivity contribution in [1.82, 2.24) is 10.2 Å². The zero-order valence-corrected chi connectivity index (χ0v) is 18.5. The van der Waals surface area contributed by atoms with Crippen LogP contribution in [0.5, 0.6) is 0 Å². The molecule has 1 heterocycles. The van der Waals surface area contributed by atoms with E-state index in [9.17, 15) is 9.59 Å². The smallest absolute Gasteiger partial charge is 0.319 e. The quantitative estimate of drug-likeness (QED) is 0.652. The Morgan fingerprint density at radius 2 is 1.97 bits per heavy atom. The molecule has 0 aliphatic rings. The minimum Gasteiger partial charge on any atom is -0.383 e. The highest BCUT2D eigenvalue weighted by Gasteiger charge is 2.19. The SMILES string of the molecule is COCCN(Cc1cc(NC(=O)NC(C)C)ccc1N(C)C)C(=O)c1cccs1. The summed E-state index contributed by atoms with van der Waals surface area (Å²) in [5.74, 6) is -0.0299. The Bertz CT molecular complexity index is 806. The first-order valence-corrected chi connectivity index (χ1v) is 10.4. The first kappa shape index (κ1) is 22.7. The summed E-state index contributed by atoms with van der Waals surface area (Å²) in [4.78, 5) is 29.5. The summed E-state index contributed by atoms with van der Waals surface area (Å²) in [5, 5.41) is 7.57. The molecule has 3 amide bonds. The van der Waals surface area contributed by atoms with Gasteiger partial charge in [-0.1, -0.05) is 6.07 Å². The highest BCUT2D eigenvalue weighted by atomic mass is 32.1. The highest BCUT2D eigenvalue weighted by Crippen LogP contribution is 2.25. The first-order chi connectivity index (χ1) is 13.8. The van der Waals surface area contributed by atoms with Gasteiger partial charge in [0.05, 0.1) is 11.5 Å². The largest absolute Gasteiger partial charge is 0.383 e. The van der Waals surface area contributed by atoms with Gasteiger partial charge in [0.15, 0.2) is 0 Å². The molecule has 2 aromatic rings. The van der Waals surface area contributed by atoms with Crippen LogP contribution in [-0.4, -0.2) is 57.2 Å². The van der Waals surface area contributed by atoms with Gasteiger partial charge >= 0.3 is 6.03 Å². The van der Waals surface area contributed by atoms with Crippen molar-refractivity contribution >= 4 is 34.6 Å². The maximum atomic E-state index is 13.0. The van der Waals surface area contributed by atoms with E-state index in [1.807, 2.05) is 68.6 Å². The van der Waals surface area contributed by atoms with Gasteiger partial charge in [0.2, 0.25) is 0 Å². The van der Waals surface area contributed by atoms with Crippen molar-refractivity contribution in [3.63, 3.8) is 0 Å². The second kappa shape index (κ2) is 10.8. The molecule has 1 aromatic heterocycles. The van der Waals surface area contributed by atoms with Crippen LogP contribution in [0.3, 0.4) is 0 Å². The van der Waals surface area contributed by atoms with Crippen molar-refractivity contribution in [1.29, 1.82) is 0 Å². The molecule has 0 spiro atoms. The predicted octanol–water partition coefficient (Wildman–Crippen LogP) is 3.63. The van der Waals surface area contributed by atoms with Crippen LogP contribution >= 0.6 is 11.3 Å². The van der Waals surface area contributed by atoms with Gasteiger partial charge in [0.1, 0.15) is 0 Å². The number of carbonyl (C=O) groups is 2. The average molecular weight is 419 g/mol. The molecule has 0 fully saturated rings. The Balaban J connectivity index is 2.28. The first-order valence-electron chi connectivity index (χ1n) is 9.51. The summed E-state index contributed by atoms with van der Waals surface area (Å²) in [7, 11) is 5.53. The number of amides is 3. The lowest BCUT2D eigenvalue weighted by Crippen LogP contribution is -2.34. The number of hydrogen-bond donors (Lipinski definition) is 2. The summed E-state index contributed by atoms with van der Waals surface area (Å²) in [6, 6.07) is 9.21. The fourth-order valence-corrected chi connectivity index (χ4v) is 3.56. The third-order valence-electron chi connectivity index (χ3n) is 4.18. The van der Waals surface area contributed by atoms with Crippen molar-refractivity contribution in [2.75, 3.05) is 44.6 Å². The van der Waals surface area contributed by atoms with E-state index in [4.69, 9.17) is 4.74 Å². The Kier molecular flexibility index (Phi) is 8.48. The molecule has 0 unspecified atom stereocenters. The van der Waals surface area contributed by atoms with Gasteiger partial charge in [-0.05, 0) is 49.1 Å². The standard InChI is InChI=1S/C21H30N4O3S/c1-15(2)22-21(27)23-17-8-9-18(24(3)4)16(13-17)14-25(10-11-28-5)20(26)19-7-6-12-29-19/h6-9,12-13,15H,10-11,14H2,1-5H3,(H2,22,23,27). The highest BCUT2D eigenvalue weighted by molar-refractivity contribution is 7.12. The van der Waals surface area contributed by atoms with Crippen LogP contribution in [0.2, 0.25) is 0 Å². The molecule has 0 radical (unpaired) electrons. The van der Waals surface area contributed by atoms with Crippen LogP contribution in [0.25, 0.3) is 0 Å². The second-order valence-electron chi connectivity index (χ2n) is 7.19. The zero-order valence-electron chi connectivity index (χ0n) is 17.7. The number of hydrogen-bond acceptors (Lipinski definition) is 5. The van der Waals surface area contributed by atoms with E-state index in [0.29, 0.717) is 30.3 Å². The number of nitrogens with zero attached hydrogens (tertiary/aromatic N) is 2. The summed E-state index contributed by atoms with van der Waals surface area (Å²) in [6.45, 7) is 5.15. The van der Waals surface area contributed by atoms with Crippen LogP contribution in [0.15, 0.2) is 35.7 Å². The second-order valence-corrected chi connectivity index (χ2v) is 8.14. The van der Waals surface area contributed by atoms with E-state index in [2.05, 4.69) is 10.6 Å². The van der Waals surface area contributed by atoms with E-state index >= 15 is 0 Å². The minimum atomic E-state index is -0.255. The summed E-state index contributed by atoms with van der Waals surface area (Å²) >= 11 is 1.42. The van der Waals surface area contributed by atoms with Crippen molar-refractivity contribution in [3.05, 3.63) is 46.2 Å². The average Bonchev–Trinajstić information content (AvgIpc) is 3.18. The van der Waals surface area contributed by atoms with Crippen molar-refractivity contribution in [2.45, 2.75) is 26.4 Å². The van der Waals surface area contributed by atoms with E-state index in [-0.39, 0.29) is 18.0 Å². The van der Waals surface area contributed by atoms with Crippen LogP contribution in [0, 0.1) is 0 Å². The number of nitrogens with one attached hydrogen (secondary N) is 2. The molecule has 1 aromatic carbocycles. The van der Waals surface area contributed by atoms with Crippen LogP contribution in [-0.2, 0) is 11.3 Å². The maximum Gasteiger partial charge on any atom is 0.319 e. The van der Waals surface area contributed by atoms with Crippen molar-refractivity contribution in [2.24, 2.45) is 0 Å². The van der Waals surface area contributed by atoms with Gasteiger partial charge in [-0.3, -0.25) is 4.79 Å². The molecule has 0 atom stereocenters. The molecular formula is C21H30N4O3S. The third-order valence-corrected chi connectivity index (χ3v) is 5.04. The molecule has 0 aliphatic heterocycles. The van der Waals surface area contributed by atoms with Crippen molar-refractivity contribution in [3.8, 4) is 0 Å². The zero-order chi connectivity index (χ0) is 21.4. The van der Waals surface area contributed by atoms with Gasteiger partial charge in [0.25, 0.3) is 5.91 Å². The van der Waals surface area contributed by atoms with Gasteiger partial charge in [-0.2, -0.15) is 0 Å². The molecule has 0 saturated carbocycles. The van der Waals surface area contributed by atoms with Gasteiger partial charge in [-0.15, -0.1) is 11.3 Å². The molecule has 2 N–H and O–H groups in total. The Morgan fingerprint density at radius 3 is 2.55 bits per heavy atom. The number of rotatable bonds is 9. The Morgan fingerprint density at radius 1 is 1.21 bits per heavy atom. The minimum absolute atomic E-state index is 0.0299. The normalized spacial score (nSPS) is 10.7. The van der Waals surface area contributed by atoms with Crippen LogP contribution < -0.4 is 15.5 Å². The molecule has 0 aliphatic carbocycles. The lowest BCUT2D eigenvalue weighted by atomic mass is 10.1. The van der Waals surface area contributed by atoms with Gasteiger partial charge < -0.3 is 25.2 Å². The Labute approximate surface area is 176 Å². The monoisotopic (exact) mass is 418 g/mol. The Hall–Kier alpha value is -2.58. The van der Waals surface area contributed by atoms with E-state index < -0.39 is 0 Å². The molecule has 0 saturated heterocycles. The number of methoxy groups -OCH3 is 1. The number of anilines is 2. The van der Waals surface area contributed by atoms with Gasteiger partial charge in [-0.25, -0.2) is 4.79 Å². The fraction of sp³-hybridized carbons (Fsp3) is 0.429. The molecule has 0 bridgehead atoms. The number of urea groups is 1. The molecular weight excluding hydrogens is 388 g/mol. The summed E-state index contributed by atoms with van der Waals surface area (Å²) < 4.78 is 5.20. The van der Waals surface area contributed by atoms with Crippen molar-refractivity contribution < 1.29 is 14.3 Å². The molecule has 158 valence electrons. The molecule has 29 heavy (non-hydrogen) atoms. The summed E-state index contributed by atoms with van der Waals surface area (Å²) in [5.41, 5.74) is 2.61. The number of benzene rings is 1. The molecule has 8 heteroatoms.